The second-order valence-electron chi connectivity index (χ2n) is 6.67. The van der Waals surface area contributed by atoms with Gasteiger partial charge in [0.15, 0.2) is 5.75 Å². The highest BCUT2D eigenvalue weighted by Crippen LogP contribution is 2.29. The van der Waals surface area contributed by atoms with Crippen molar-refractivity contribution in [1.82, 2.24) is 10.0 Å². The standard InChI is InChI=1S/C17H25N3O6S/c1-12-5-3-4-6-14(12)19-17(21)9-10-18-27(24,25)13-7-8-16(26-2)15(11-13)20(22)23/h7-8,11-12,14,18H,3-6,9-10H2,1-2H3,(H,19,21)/t12-,14-/m1/s1. The zero-order valence-electron chi connectivity index (χ0n) is 15.4. The third kappa shape index (κ3) is 5.64. The van der Waals surface area contributed by atoms with Gasteiger partial charge in [-0.05, 0) is 30.9 Å². The zero-order valence-corrected chi connectivity index (χ0v) is 16.3. The van der Waals surface area contributed by atoms with Crippen molar-refractivity contribution in [2.24, 2.45) is 5.92 Å². The van der Waals surface area contributed by atoms with E-state index in [0.717, 1.165) is 25.3 Å². The molecule has 0 unspecified atom stereocenters. The Balaban J connectivity index is 1.93. The molecule has 0 aliphatic heterocycles. The van der Waals surface area contributed by atoms with Crippen LogP contribution in [0.15, 0.2) is 23.1 Å². The molecular formula is C17H25N3O6S. The fourth-order valence-corrected chi connectivity index (χ4v) is 4.22. The minimum atomic E-state index is -3.97. The molecule has 1 saturated carbocycles. The molecule has 2 rings (SSSR count). The lowest BCUT2D eigenvalue weighted by Gasteiger charge is -2.29. The summed E-state index contributed by atoms with van der Waals surface area (Å²) in [4.78, 5) is 22.1. The Hall–Kier alpha value is -2.20. The topological polar surface area (TPSA) is 128 Å². The molecule has 2 atom stereocenters. The fraction of sp³-hybridized carbons (Fsp3) is 0.588. The van der Waals surface area contributed by atoms with Crippen LogP contribution >= 0.6 is 0 Å². The Morgan fingerprint density at radius 3 is 2.67 bits per heavy atom. The summed E-state index contributed by atoms with van der Waals surface area (Å²) in [7, 11) is -2.71. The molecule has 0 spiro atoms. The predicted molar refractivity (Wildman–Crippen MR) is 99.0 cm³/mol. The number of hydrogen-bond donors (Lipinski definition) is 2. The summed E-state index contributed by atoms with van der Waals surface area (Å²) in [6.45, 7) is 2.01. The number of rotatable bonds is 8. The highest BCUT2D eigenvalue weighted by molar-refractivity contribution is 7.89. The van der Waals surface area contributed by atoms with Crippen LogP contribution in [0, 0.1) is 16.0 Å². The van der Waals surface area contributed by atoms with Gasteiger partial charge in [-0.15, -0.1) is 0 Å². The summed E-state index contributed by atoms with van der Waals surface area (Å²) in [5, 5.41) is 14.0. The smallest absolute Gasteiger partial charge is 0.312 e. The lowest BCUT2D eigenvalue weighted by Crippen LogP contribution is -2.42. The van der Waals surface area contributed by atoms with E-state index < -0.39 is 20.6 Å². The van der Waals surface area contributed by atoms with E-state index in [1.54, 1.807) is 0 Å². The van der Waals surface area contributed by atoms with Crippen LogP contribution in [0.2, 0.25) is 0 Å². The number of nitrogens with one attached hydrogen (secondary N) is 2. The first-order valence-electron chi connectivity index (χ1n) is 8.86. The Morgan fingerprint density at radius 2 is 2.04 bits per heavy atom. The van der Waals surface area contributed by atoms with Gasteiger partial charge in [0.1, 0.15) is 0 Å². The third-order valence-corrected chi connectivity index (χ3v) is 6.22. The number of nitro groups is 1. The minimum absolute atomic E-state index is 0.000692. The summed E-state index contributed by atoms with van der Waals surface area (Å²) in [6.07, 6.45) is 4.27. The maximum absolute atomic E-state index is 12.3. The quantitative estimate of drug-likeness (QED) is 0.508. The highest BCUT2D eigenvalue weighted by Gasteiger charge is 2.24. The third-order valence-electron chi connectivity index (χ3n) is 4.76. The molecule has 0 bridgehead atoms. The van der Waals surface area contributed by atoms with Crippen LogP contribution in [0.4, 0.5) is 5.69 Å². The first-order chi connectivity index (χ1) is 12.7. The van der Waals surface area contributed by atoms with Crippen molar-refractivity contribution in [3.63, 3.8) is 0 Å². The largest absolute Gasteiger partial charge is 0.490 e. The van der Waals surface area contributed by atoms with Gasteiger partial charge in [0, 0.05) is 25.1 Å². The van der Waals surface area contributed by atoms with Gasteiger partial charge < -0.3 is 10.1 Å². The molecule has 0 heterocycles. The molecule has 1 amide bonds. The lowest BCUT2D eigenvalue weighted by atomic mass is 9.86. The van der Waals surface area contributed by atoms with E-state index in [9.17, 15) is 23.3 Å². The first kappa shape index (κ1) is 21.1. The van der Waals surface area contributed by atoms with Crippen molar-refractivity contribution >= 4 is 21.6 Å². The molecule has 9 nitrogen and oxygen atoms in total. The van der Waals surface area contributed by atoms with Crippen molar-refractivity contribution in [2.75, 3.05) is 13.7 Å². The number of carbonyl (C=O) groups is 1. The van der Waals surface area contributed by atoms with Crippen LogP contribution in [0.5, 0.6) is 5.75 Å². The Morgan fingerprint density at radius 1 is 1.33 bits per heavy atom. The van der Waals surface area contributed by atoms with Crippen LogP contribution in [-0.2, 0) is 14.8 Å². The average molecular weight is 399 g/mol. The number of methoxy groups -OCH3 is 1. The SMILES string of the molecule is COc1ccc(S(=O)(=O)NCCC(=O)N[C@@H]2CCCC[C@H]2C)cc1[N+](=O)[O-]. The summed E-state index contributed by atoms with van der Waals surface area (Å²) < 4.78 is 31.8. The number of ether oxygens (including phenoxy) is 1. The van der Waals surface area contributed by atoms with Gasteiger partial charge >= 0.3 is 5.69 Å². The van der Waals surface area contributed by atoms with Crippen LogP contribution in [0.3, 0.4) is 0 Å². The molecule has 1 aromatic rings. The molecule has 0 aromatic heterocycles. The molecule has 27 heavy (non-hydrogen) atoms. The average Bonchev–Trinajstić information content (AvgIpc) is 2.62. The number of carbonyl (C=O) groups excluding carboxylic acids is 1. The molecule has 1 aliphatic rings. The van der Waals surface area contributed by atoms with Crippen LogP contribution < -0.4 is 14.8 Å². The van der Waals surface area contributed by atoms with Gasteiger partial charge in [-0.2, -0.15) is 0 Å². The molecule has 2 N–H and O–H groups in total. The van der Waals surface area contributed by atoms with Crippen LogP contribution in [-0.4, -0.2) is 38.9 Å². The number of nitro benzene ring substituents is 1. The summed E-state index contributed by atoms with van der Waals surface area (Å²) in [5.41, 5.74) is -0.440. The monoisotopic (exact) mass is 399 g/mol. The van der Waals surface area contributed by atoms with Gasteiger partial charge in [-0.3, -0.25) is 14.9 Å². The van der Waals surface area contributed by atoms with Crippen molar-refractivity contribution in [3.8, 4) is 5.75 Å². The van der Waals surface area contributed by atoms with Crippen molar-refractivity contribution in [2.45, 2.75) is 50.0 Å². The summed E-state index contributed by atoms with van der Waals surface area (Å²) >= 11 is 0. The molecule has 1 fully saturated rings. The van der Waals surface area contributed by atoms with Crippen molar-refractivity contribution in [3.05, 3.63) is 28.3 Å². The fourth-order valence-electron chi connectivity index (χ4n) is 3.17. The number of benzene rings is 1. The van der Waals surface area contributed by atoms with Crippen molar-refractivity contribution in [1.29, 1.82) is 0 Å². The lowest BCUT2D eigenvalue weighted by molar-refractivity contribution is -0.386. The van der Waals surface area contributed by atoms with E-state index in [4.69, 9.17) is 4.74 Å². The first-order valence-corrected chi connectivity index (χ1v) is 10.3. The van der Waals surface area contributed by atoms with Gasteiger partial charge in [0.25, 0.3) is 0 Å². The van der Waals surface area contributed by atoms with E-state index in [1.165, 1.54) is 25.7 Å². The molecule has 1 aliphatic carbocycles. The van der Waals surface area contributed by atoms with E-state index in [-0.39, 0.29) is 35.6 Å². The number of nitrogens with zero attached hydrogens (tertiary/aromatic N) is 1. The molecule has 1 aromatic carbocycles. The predicted octanol–water partition coefficient (Wildman–Crippen LogP) is 1.97. The Bertz CT molecular complexity index is 796. The molecule has 10 heteroatoms. The van der Waals surface area contributed by atoms with E-state index in [0.29, 0.717) is 5.92 Å². The van der Waals surface area contributed by atoms with Gasteiger partial charge in [-0.1, -0.05) is 19.8 Å². The second-order valence-corrected chi connectivity index (χ2v) is 8.44. The van der Waals surface area contributed by atoms with E-state index >= 15 is 0 Å². The zero-order chi connectivity index (χ0) is 20.0. The van der Waals surface area contributed by atoms with Gasteiger partial charge in [-0.25, -0.2) is 13.1 Å². The van der Waals surface area contributed by atoms with Gasteiger partial charge in [0.05, 0.1) is 16.9 Å². The molecule has 0 radical (unpaired) electrons. The minimum Gasteiger partial charge on any atom is -0.490 e. The number of amides is 1. The highest BCUT2D eigenvalue weighted by atomic mass is 32.2. The number of hydrogen-bond acceptors (Lipinski definition) is 6. The van der Waals surface area contributed by atoms with E-state index in [2.05, 4.69) is 17.0 Å². The van der Waals surface area contributed by atoms with Crippen LogP contribution in [0.25, 0.3) is 0 Å². The van der Waals surface area contributed by atoms with Crippen LogP contribution in [0.1, 0.15) is 39.0 Å². The normalized spacial score (nSPS) is 20.1. The maximum atomic E-state index is 12.3. The van der Waals surface area contributed by atoms with Gasteiger partial charge in [0.2, 0.25) is 15.9 Å². The Kier molecular flexibility index (Phi) is 7.14. The summed E-state index contributed by atoms with van der Waals surface area (Å²) in [5.74, 6) is 0.177. The second kappa shape index (κ2) is 9.14. The van der Waals surface area contributed by atoms with Crippen molar-refractivity contribution < 1.29 is 22.9 Å². The molecular weight excluding hydrogens is 374 g/mol. The maximum Gasteiger partial charge on any atom is 0.312 e. The molecule has 150 valence electrons. The Labute approximate surface area is 158 Å². The summed E-state index contributed by atoms with van der Waals surface area (Å²) in [6, 6.07) is 3.51. The number of sulfonamides is 1. The molecule has 0 saturated heterocycles. The van der Waals surface area contributed by atoms with E-state index in [1.807, 2.05) is 0 Å².